The SMILES string of the molecule is C/C(CC(=O)NC12CC3CC(CC(C3)C1)C2)=N\NS(=O)(=O)c1ccc2ccccc2c1. The quantitative estimate of drug-likeness (QED) is 0.527. The average molecular weight is 440 g/mol. The lowest BCUT2D eigenvalue weighted by Gasteiger charge is -2.56. The zero-order chi connectivity index (χ0) is 21.6. The predicted octanol–water partition coefficient (Wildman–Crippen LogP) is 3.97. The molecule has 0 radical (unpaired) electrons. The first kappa shape index (κ1) is 20.5. The lowest BCUT2D eigenvalue weighted by molar-refractivity contribution is -0.125. The minimum Gasteiger partial charge on any atom is -0.350 e. The fourth-order valence-corrected chi connectivity index (χ4v) is 7.31. The van der Waals surface area contributed by atoms with Gasteiger partial charge in [0.2, 0.25) is 5.91 Å². The van der Waals surface area contributed by atoms with Gasteiger partial charge in [-0.2, -0.15) is 13.5 Å². The molecule has 1 amide bonds. The van der Waals surface area contributed by atoms with Crippen LogP contribution in [0, 0.1) is 17.8 Å². The summed E-state index contributed by atoms with van der Waals surface area (Å²) in [7, 11) is -3.80. The van der Waals surface area contributed by atoms with Crippen LogP contribution in [0.1, 0.15) is 51.9 Å². The van der Waals surface area contributed by atoms with E-state index in [0.717, 1.165) is 47.8 Å². The Kier molecular flexibility index (Phi) is 5.04. The number of hydrogen-bond acceptors (Lipinski definition) is 4. The van der Waals surface area contributed by atoms with Gasteiger partial charge in [0.1, 0.15) is 0 Å². The van der Waals surface area contributed by atoms with Gasteiger partial charge in [0.25, 0.3) is 10.0 Å². The summed E-state index contributed by atoms with van der Waals surface area (Å²) in [6.07, 6.45) is 7.35. The number of sulfonamides is 1. The summed E-state index contributed by atoms with van der Waals surface area (Å²) < 4.78 is 25.3. The number of carbonyl (C=O) groups is 1. The number of hydrazone groups is 1. The second-order valence-corrected chi connectivity index (χ2v) is 11.5. The standard InChI is InChI=1S/C24H29N3O3S/c1-16(8-23(28)25-24-13-17-9-18(14-24)11-19(10-17)15-24)26-27-31(29,30)22-7-6-20-4-2-3-5-21(20)12-22/h2-7,12,17-19,27H,8-11,13-15H2,1H3,(H,25,28)/b26-16+. The number of rotatable bonds is 6. The second kappa shape index (κ2) is 7.62. The van der Waals surface area contributed by atoms with E-state index in [0.29, 0.717) is 5.71 Å². The van der Waals surface area contributed by atoms with Crippen LogP contribution in [0.25, 0.3) is 10.8 Å². The van der Waals surface area contributed by atoms with E-state index in [1.807, 2.05) is 24.3 Å². The Morgan fingerprint density at radius 2 is 1.61 bits per heavy atom. The van der Waals surface area contributed by atoms with Crippen molar-refractivity contribution in [3.05, 3.63) is 42.5 Å². The molecule has 0 aromatic heterocycles. The molecule has 0 spiro atoms. The van der Waals surface area contributed by atoms with Crippen molar-refractivity contribution in [1.82, 2.24) is 10.1 Å². The van der Waals surface area contributed by atoms with Crippen molar-refractivity contribution in [2.45, 2.75) is 62.3 Å². The van der Waals surface area contributed by atoms with Crippen molar-refractivity contribution < 1.29 is 13.2 Å². The number of fused-ring (bicyclic) bond motifs is 1. The monoisotopic (exact) mass is 439 g/mol. The van der Waals surface area contributed by atoms with Crippen LogP contribution in [-0.2, 0) is 14.8 Å². The second-order valence-electron chi connectivity index (χ2n) is 9.87. The van der Waals surface area contributed by atoms with Crippen molar-refractivity contribution in [2.75, 3.05) is 0 Å². The third-order valence-corrected chi connectivity index (χ3v) is 8.45. The molecule has 6 rings (SSSR count). The van der Waals surface area contributed by atoms with Crippen LogP contribution in [-0.4, -0.2) is 25.6 Å². The molecule has 0 atom stereocenters. The minimum absolute atomic E-state index is 0.0449. The number of benzene rings is 2. The van der Waals surface area contributed by atoms with Gasteiger partial charge < -0.3 is 5.32 Å². The van der Waals surface area contributed by atoms with Crippen LogP contribution in [0.15, 0.2) is 52.5 Å². The summed E-state index contributed by atoms with van der Waals surface area (Å²) in [5.74, 6) is 2.22. The van der Waals surface area contributed by atoms with E-state index in [2.05, 4.69) is 15.2 Å². The highest BCUT2D eigenvalue weighted by Crippen LogP contribution is 2.55. The molecule has 2 aromatic rings. The van der Waals surface area contributed by atoms with E-state index in [1.54, 1.807) is 25.1 Å². The average Bonchev–Trinajstić information content (AvgIpc) is 2.70. The highest BCUT2D eigenvalue weighted by Gasteiger charge is 2.51. The first-order valence-corrected chi connectivity index (χ1v) is 12.6. The highest BCUT2D eigenvalue weighted by atomic mass is 32.2. The van der Waals surface area contributed by atoms with Crippen LogP contribution >= 0.6 is 0 Å². The molecule has 0 saturated heterocycles. The minimum atomic E-state index is -3.80. The Bertz CT molecular complexity index is 1120. The van der Waals surface area contributed by atoms with Gasteiger partial charge in [-0.15, -0.1) is 0 Å². The molecule has 4 fully saturated rings. The number of nitrogens with zero attached hydrogens (tertiary/aromatic N) is 1. The van der Waals surface area contributed by atoms with Crippen molar-refractivity contribution in [2.24, 2.45) is 22.9 Å². The maximum atomic E-state index is 12.7. The summed E-state index contributed by atoms with van der Waals surface area (Å²) in [5, 5.41) is 9.13. The van der Waals surface area contributed by atoms with E-state index in [1.165, 1.54) is 19.3 Å². The van der Waals surface area contributed by atoms with Crippen LogP contribution < -0.4 is 10.1 Å². The van der Waals surface area contributed by atoms with Crippen molar-refractivity contribution in [3.63, 3.8) is 0 Å². The van der Waals surface area contributed by atoms with Gasteiger partial charge in [0, 0.05) is 11.3 Å². The molecule has 0 heterocycles. The Hall–Kier alpha value is -2.41. The third-order valence-electron chi connectivity index (χ3n) is 7.25. The van der Waals surface area contributed by atoms with Crippen LogP contribution in [0.3, 0.4) is 0 Å². The molecular formula is C24H29N3O3S. The van der Waals surface area contributed by atoms with Crippen LogP contribution in [0.5, 0.6) is 0 Å². The summed E-state index contributed by atoms with van der Waals surface area (Å²) >= 11 is 0. The summed E-state index contributed by atoms with van der Waals surface area (Å²) in [6, 6.07) is 12.6. The third kappa shape index (κ3) is 4.20. The van der Waals surface area contributed by atoms with Gasteiger partial charge in [-0.1, -0.05) is 30.3 Å². The maximum Gasteiger partial charge on any atom is 0.276 e. The van der Waals surface area contributed by atoms with Gasteiger partial charge in [-0.3, -0.25) is 4.79 Å². The number of carbonyl (C=O) groups excluding carboxylic acids is 1. The lowest BCUT2D eigenvalue weighted by atomic mass is 9.53. The molecule has 7 heteroatoms. The zero-order valence-corrected chi connectivity index (χ0v) is 18.6. The molecule has 0 aliphatic heterocycles. The predicted molar refractivity (Wildman–Crippen MR) is 121 cm³/mol. The van der Waals surface area contributed by atoms with E-state index in [9.17, 15) is 13.2 Å². The summed E-state index contributed by atoms with van der Waals surface area (Å²) in [4.78, 5) is 15.1. The first-order chi connectivity index (χ1) is 14.8. The molecule has 4 aliphatic rings. The van der Waals surface area contributed by atoms with Gasteiger partial charge in [-0.05, 0) is 86.1 Å². The van der Waals surface area contributed by atoms with Gasteiger partial charge in [-0.25, -0.2) is 4.83 Å². The smallest absolute Gasteiger partial charge is 0.276 e. The van der Waals surface area contributed by atoms with Gasteiger partial charge in [0.15, 0.2) is 0 Å². The molecule has 2 aromatic carbocycles. The summed E-state index contributed by atoms with van der Waals surface area (Å²) in [6.45, 7) is 1.68. The molecular weight excluding hydrogens is 410 g/mol. The maximum absolute atomic E-state index is 12.7. The van der Waals surface area contributed by atoms with Crippen LogP contribution in [0.4, 0.5) is 0 Å². The molecule has 4 bridgehead atoms. The van der Waals surface area contributed by atoms with Crippen molar-refractivity contribution in [1.29, 1.82) is 0 Å². The molecule has 2 N–H and O–H groups in total. The number of nitrogens with one attached hydrogen (secondary N) is 2. The van der Waals surface area contributed by atoms with E-state index in [4.69, 9.17) is 0 Å². The van der Waals surface area contributed by atoms with Crippen molar-refractivity contribution >= 4 is 32.4 Å². The van der Waals surface area contributed by atoms with E-state index >= 15 is 0 Å². The van der Waals surface area contributed by atoms with Crippen molar-refractivity contribution in [3.8, 4) is 0 Å². The fourth-order valence-electron chi connectivity index (χ4n) is 6.40. The Balaban J connectivity index is 1.22. The molecule has 6 nitrogen and oxygen atoms in total. The van der Waals surface area contributed by atoms with E-state index in [-0.39, 0.29) is 22.8 Å². The van der Waals surface area contributed by atoms with Gasteiger partial charge in [0.05, 0.1) is 11.3 Å². The Morgan fingerprint density at radius 1 is 1.00 bits per heavy atom. The largest absolute Gasteiger partial charge is 0.350 e. The molecule has 31 heavy (non-hydrogen) atoms. The summed E-state index contributed by atoms with van der Waals surface area (Å²) in [5.41, 5.74) is 0.406. The first-order valence-electron chi connectivity index (χ1n) is 11.2. The zero-order valence-electron chi connectivity index (χ0n) is 17.8. The molecule has 164 valence electrons. The van der Waals surface area contributed by atoms with Crippen LogP contribution in [0.2, 0.25) is 0 Å². The molecule has 0 unspecified atom stereocenters. The number of hydrogen-bond donors (Lipinski definition) is 2. The fraction of sp³-hybridized carbons (Fsp3) is 0.500. The number of amides is 1. The highest BCUT2D eigenvalue weighted by molar-refractivity contribution is 7.89. The normalized spacial score (nSPS) is 29.8. The van der Waals surface area contributed by atoms with E-state index < -0.39 is 10.0 Å². The van der Waals surface area contributed by atoms with Gasteiger partial charge >= 0.3 is 0 Å². The topological polar surface area (TPSA) is 87.6 Å². The lowest BCUT2D eigenvalue weighted by Crippen LogP contribution is -2.60. The molecule has 4 aliphatic carbocycles. The Morgan fingerprint density at radius 3 is 2.26 bits per heavy atom. The Labute approximate surface area is 183 Å². The molecule has 4 saturated carbocycles.